The zero-order chi connectivity index (χ0) is 25.1. The van der Waals surface area contributed by atoms with Crippen LogP contribution in [-0.2, 0) is 17.6 Å². The zero-order valence-electron chi connectivity index (χ0n) is 18.6. The molecule has 0 aliphatic heterocycles. The second-order valence-corrected chi connectivity index (χ2v) is 8.74. The first kappa shape index (κ1) is 24.4. The summed E-state index contributed by atoms with van der Waals surface area (Å²) in [6.45, 7) is 1.76. The lowest BCUT2D eigenvalue weighted by Gasteiger charge is -2.13. The minimum atomic E-state index is -0.498. The summed E-state index contributed by atoms with van der Waals surface area (Å²) in [5.74, 6) is -0.0758. The summed E-state index contributed by atoms with van der Waals surface area (Å²) >= 11 is 12.2. The highest BCUT2D eigenvalue weighted by Gasteiger charge is 2.28. The third kappa shape index (κ3) is 5.36. The topological polar surface area (TPSA) is 127 Å². The third-order valence-corrected chi connectivity index (χ3v) is 6.38. The average molecular weight is 515 g/mol. The van der Waals surface area contributed by atoms with Gasteiger partial charge in [0.15, 0.2) is 5.76 Å². The number of amides is 2. The number of nitro benzene ring substituents is 1. The maximum Gasteiger partial charge on any atom is 0.291 e. The van der Waals surface area contributed by atoms with Crippen molar-refractivity contribution in [2.45, 2.75) is 32.6 Å². The van der Waals surface area contributed by atoms with Crippen molar-refractivity contribution in [1.29, 1.82) is 0 Å². The van der Waals surface area contributed by atoms with Gasteiger partial charge in [-0.2, -0.15) is 5.10 Å². The van der Waals surface area contributed by atoms with Crippen molar-refractivity contribution >= 4 is 52.1 Å². The molecule has 2 aromatic carbocycles. The van der Waals surface area contributed by atoms with Gasteiger partial charge < -0.3 is 9.73 Å². The summed E-state index contributed by atoms with van der Waals surface area (Å²) in [7, 11) is 0. The Morgan fingerprint density at radius 1 is 1.14 bits per heavy atom. The monoisotopic (exact) mass is 514 g/mol. The summed E-state index contributed by atoms with van der Waals surface area (Å²) in [5.41, 5.74) is 5.41. The number of anilines is 1. The van der Waals surface area contributed by atoms with Gasteiger partial charge in [0.2, 0.25) is 5.91 Å². The summed E-state index contributed by atoms with van der Waals surface area (Å²) in [6, 6.07) is 10.7. The van der Waals surface area contributed by atoms with Crippen molar-refractivity contribution in [3.63, 3.8) is 0 Å². The molecule has 3 aromatic rings. The van der Waals surface area contributed by atoms with Crippen LogP contribution in [0, 0.1) is 17.0 Å². The highest BCUT2D eigenvalue weighted by Crippen LogP contribution is 2.33. The molecule has 0 atom stereocenters. The standard InChI is InChI=1S/C24H20Cl2N4O5/c1-13-21-17(28-29-20(31)12-14-8-10-15(11-9-14)30(33)34)5-3-7-19(21)35-23(13)24(32)27-18-6-2-4-16(25)22(18)26/h2,4,6,8-11H,3,5,7,12H2,1H3,(H,27,32)(H,29,31)/b28-17+. The molecule has 1 heterocycles. The highest BCUT2D eigenvalue weighted by atomic mass is 35.5. The number of furan rings is 1. The summed E-state index contributed by atoms with van der Waals surface area (Å²) in [6.07, 6.45) is 2.00. The molecular formula is C24H20Cl2N4O5. The van der Waals surface area contributed by atoms with Gasteiger partial charge in [0.1, 0.15) is 5.76 Å². The van der Waals surface area contributed by atoms with Crippen LogP contribution in [0.15, 0.2) is 52.0 Å². The van der Waals surface area contributed by atoms with Gasteiger partial charge in [-0.05, 0) is 37.5 Å². The van der Waals surface area contributed by atoms with E-state index in [9.17, 15) is 19.7 Å². The van der Waals surface area contributed by atoms with Crippen molar-refractivity contribution in [2.24, 2.45) is 5.10 Å². The first-order valence-electron chi connectivity index (χ1n) is 10.7. The Labute approximate surface area is 210 Å². The largest absolute Gasteiger partial charge is 0.455 e. The number of rotatable bonds is 6. The van der Waals surface area contributed by atoms with Crippen molar-refractivity contribution in [3.8, 4) is 0 Å². The lowest BCUT2D eigenvalue weighted by molar-refractivity contribution is -0.384. The van der Waals surface area contributed by atoms with E-state index in [4.69, 9.17) is 27.6 Å². The van der Waals surface area contributed by atoms with Crippen molar-refractivity contribution in [3.05, 3.63) is 90.8 Å². The van der Waals surface area contributed by atoms with E-state index in [-0.39, 0.29) is 28.8 Å². The maximum absolute atomic E-state index is 12.9. The number of carbonyl (C=O) groups excluding carboxylic acids is 2. The predicted molar refractivity (Wildman–Crippen MR) is 132 cm³/mol. The SMILES string of the molecule is Cc1c(C(=O)Nc2cccc(Cl)c2Cl)oc2c1/C(=N/NC(=O)Cc1ccc([N+](=O)[O-])cc1)CCC2. The number of hydrogen-bond acceptors (Lipinski definition) is 6. The molecule has 1 aliphatic carbocycles. The van der Waals surface area contributed by atoms with Gasteiger partial charge in [-0.15, -0.1) is 0 Å². The number of hydrazone groups is 1. The van der Waals surface area contributed by atoms with Crippen molar-refractivity contribution in [2.75, 3.05) is 5.32 Å². The van der Waals surface area contributed by atoms with E-state index in [1.807, 2.05) is 0 Å². The summed E-state index contributed by atoms with van der Waals surface area (Å²) < 4.78 is 5.87. The molecule has 0 radical (unpaired) electrons. The number of non-ortho nitro benzene ring substituents is 1. The van der Waals surface area contributed by atoms with E-state index < -0.39 is 10.8 Å². The number of fused-ring (bicyclic) bond motifs is 1. The Morgan fingerprint density at radius 3 is 2.60 bits per heavy atom. The minimum Gasteiger partial charge on any atom is -0.455 e. The van der Waals surface area contributed by atoms with Crippen LogP contribution in [0.2, 0.25) is 10.0 Å². The molecule has 0 spiro atoms. The van der Waals surface area contributed by atoms with Gasteiger partial charge in [0, 0.05) is 29.7 Å². The predicted octanol–water partition coefficient (Wildman–Crippen LogP) is 5.45. The molecule has 2 amide bonds. The molecule has 1 aromatic heterocycles. The van der Waals surface area contributed by atoms with Crippen molar-refractivity contribution in [1.82, 2.24) is 5.43 Å². The van der Waals surface area contributed by atoms with Crippen LogP contribution >= 0.6 is 23.2 Å². The van der Waals surface area contributed by atoms with Crippen LogP contribution in [0.25, 0.3) is 0 Å². The van der Waals surface area contributed by atoms with E-state index in [0.717, 1.165) is 6.42 Å². The molecule has 9 nitrogen and oxygen atoms in total. The minimum absolute atomic E-state index is 0.0139. The van der Waals surface area contributed by atoms with Gasteiger partial charge in [-0.1, -0.05) is 41.4 Å². The summed E-state index contributed by atoms with van der Waals surface area (Å²) in [4.78, 5) is 35.6. The number of aryl methyl sites for hydroxylation is 1. The lowest BCUT2D eigenvalue weighted by atomic mass is 9.93. The highest BCUT2D eigenvalue weighted by molar-refractivity contribution is 6.44. The van der Waals surface area contributed by atoms with Crippen LogP contribution < -0.4 is 10.7 Å². The first-order chi connectivity index (χ1) is 16.7. The molecule has 1 aliphatic rings. The van der Waals surface area contributed by atoms with E-state index in [1.165, 1.54) is 24.3 Å². The van der Waals surface area contributed by atoms with E-state index in [0.29, 0.717) is 51.7 Å². The maximum atomic E-state index is 12.9. The molecule has 0 saturated heterocycles. The number of nitro groups is 1. The van der Waals surface area contributed by atoms with Crippen LogP contribution in [0.1, 0.15) is 45.8 Å². The molecule has 35 heavy (non-hydrogen) atoms. The number of carbonyl (C=O) groups is 2. The second kappa shape index (κ2) is 10.3. The van der Waals surface area contributed by atoms with Gasteiger partial charge in [-0.25, -0.2) is 5.43 Å². The average Bonchev–Trinajstić information content (AvgIpc) is 3.18. The number of halogens is 2. The third-order valence-electron chi connectivity index (χ3n) is 5.56. The molecule has 0 bridgehead atoms. The lowest BCUT2D eigenvalue weighted by Crippen LogP contribution is -2.23. The molecule has 180 valence electrons. The smallest absolute Gasteiger partial charge is 0.291 e. The molecule has 4 rings (SSSR count). The number of benzene rings is 2. The van der Waals surface area contributed by atoms with Crippen molar-refractivity contribution < 1.29 is 18.9 Å². The normalized spacial score (nSPS) is 13.9. The Morgan fingerprint density at radius 2 is 1.89 bits per heavy atom. The second-order valence-electron chi connectivity index (χ2n) is 7.96. The van der Waals surface area contributed by atoms with Gasteiger partial charge in [0.25, 0.3) is 11.6 Å². The fraction of sp³-hybridized carbons (Fsp3) is 0.208. The van der Waals surface area contributed by atoms with Crippen LogP contribution in [0.5, 0.6) is 0 Å². The number of nitrogens with zero attached hydrogens (tertiary/aromatic N) is 2. The Kier molecular flexibility index (Phi) is 7.18. The van der Waals surface area contributed by atoms with E-state index in [2.05, 4.69) is 15.8 Å². The molecule has 0 saturated carbocycles. The molecule has 2 N–H and O–H groups in total. The Bertz CT molecular complexity index is 1350. The van der Waals surface area contributed by atoms with Crippen LogP contribution in [0.3, 0.4) is 0 Å². The first-order valence-corrected chi connectivity index (χ1v) is 11.5. The van der Waals surface area contributed by atoms with Gasteiger partial charge in [0.05, 0.1) is 32.8 Å². The Balaban J connectivity index is 1.49. The quantitative estimate of drug-likeness (QED) is 0.333. The molecule has 0 unspecified atom stereocenters. The fourth-order valence-corrected chi connectivity index (χ4v) is 4.21. The summed E-state index contributed by atoms with van der Waals surface area (Å²) in [5, 5.41) is 18.3. The van der Waals surface area contributed by atoms with Gasteiger partial charge >= 0.3 is 0 Å². The molecular weight excluding hydrogens is 495 g/mol. The molecule has 11 heteroatoms. The zero-order valence-corrected chi connectivity index (χ0v) is 20.1. The van der Waals surface area contributed by atoms with Crippen LogP contribution in [0.4, 0.5) is 11.4 Å². The van der Waals surface area contributed by atoms with E-state index >= 15 is 0 Å². The number of hydrogen-bond donors (Lipinski definition) is 2. The van der Waals surface area contributed by atoms with Gasteiger partial charge in [-0.3, -0.25) is 19.7 Å². The number of nitrogens with one attached hydrogen (secondary N) is 2. The Hall–Kier alpha value is -3.69. The fourth-order valence-electron chi connectivity index (χ4n) is 3.87. The van der Waals surface area contributed by atoms with Crippen LogP contribution in [-0.4, -0.2) is 22.4 Å². The molecule has 0 fully saturated rings. The van der Waals surface area contributed by atoms with E-state index in [1.54, 1.807) is 25.1 Å².